The first-order chi connectivity index (χ1) is 8.58. The second kappa shape index (κ2) is 5.79. The van der Waals surface area contributed by atoms with Crippen molar-refractivity contribution in [3.05, 3.63) is 31.6 Å². The molecule has 0 bridgehead atoms. The van der Waals surface area contributed by atoms with E-state index in [0.29, 0.717) is 0 Å². The number of nitrogens with zero attached hydrogens (tertiary/aromatic N) is 1. The third-order valence-electron chi connectivity index (χ3n) is 2.78. The number of nitro groups is 1. The molecule has 2 rings (SSSR count). The van der Waals surface area contributed by atoms with Crippen LogP contribution < -0.4 is 10.1 Å². The zero-order valence-corrected chi connectivity index (χ0v) is 11.6. The van der Waals surface area contributed by atoms with Crippen LogP contribution in [0.25, 0.3) is 0 Å². The molecule has 98 valence electrons. The van der Waals surface area contributed by atoms with Crippen LogP contribution in [-0.2, 0) is 0 Å². The number of rotatable bonds is 3. The molecule has 5 nitrogen and oxygen atoms in total. The van der Waals surface area contributed by atoms with E-state index in [-0.39, 0.29) is 21.1 Å². The Morgan fingerprint density at radius 1 is 1.44 bits per heavy atom. The van der Waals surface area contributed by atoms with Crippen LogP contribution in [0.3, 0.4) is 0 Å². The highest BCUT2D eigenvalue weighted by atomic mass is 127. The number of halogens is 2. The molecule has 0 unspecified atom stereocenters. The van der Waals surface area contributed by atoms with Gasteiger partial charge in [0.25, 0.3) is 0 Å². The first-order valence-electron chi connectivity index (χ1n) is 5.58. The van der Waals surface area contributed by atoms with Crippen molar-refractivity contribution in [1.82, 2.24) is 5.32 Å². The molecule has 1 N–H and O–H groups in total. The Labute approximate surface area is 117 Å². The van der Waals surface area contributed by atoms with Crippen LogP contribution in [0.15, 0.2) is 12.1 Å². The Balaban J connectivity index is 2.24. The number of hydrogen-bond acceptors (Lipinski definition) is 4. The van der Waals surface area contributed by atoms with E-state index in [1.54, 1.807) is 22.6 Å². The second-order valence-electron chi connectivity index (χ2n) is 4.06. The minimum Gasteiger partial charge on any atom is -0.483 e. The molecule has 1 heterocycles. The van der Waals surface area contributed by atoms with E-state index in [2.05, 4.69) is 5.32 Å². The van der Waals surface area contributed by atoms with Crippen molar-refractivity contribution in [2.45, 2.75) is 18.9 Å². The van der Waals surface area contributed by atoms with Gasteiger partial charge in [-0.15, -0.1) is 0 Å². The van der Waals surface area contributed by atoms with Gasteiger partial charge in [0.15, 0.2) is 5.75 Å². The first-order valence-corrected chi connectivity index (χ1v) is 6.66. The largest absolute Gasteiger partial charge is 0.483 e. The van der Waals surface area contributed by atoms with Gasteiger partial charge in [-0.05, 0) is 48.5 Å². The summed E-state index contributed by atoms with van der Waals surface area (Å²) >= 11 is 1.73. The van der Waals surface area contributed by atoms with Gasteiger partial charge >= 0.3 is 5.69 Å². The van der Waals surface area contributed by atoms with Crippen LogP contribution in [0.2, 0.25) is 0 Å². The van der Waals surface area contributed by atoms with Crippen molar-refractivity contribution in [2.75, 3.05) is 13.1 Å². The summed E-state index contributed by atoms with van der Waals surface area (Å²) in [6.45, 7) is 1.62. The average molecular weight is 366 g/mol. The summed E-state index contributed by atoms with van der Waals surface area (Å²) in [7, 11) is 0. The molecule has 0 amide bonds. The lowest BCUT2D eigenvalue weighted by Crippen LogP contribution is -2.34. The van der Waals surface area contributed by atoms with Crippen molar-refractivity contribution in [3.63, 3.8) is 0 Å². The van der Waals surface area contributed by atoms with Crippen LogP contribution in [0.1, 0.15) is 12.8 Å². The molecule has 1 aliphatic heterocycles. The zero-order valence-electron chi connectivity index (χ0n) is 9.49. The lowest BCUT2D eigenvalue weighted by atomic mass is 10.1. The van der Waals surface area contributed by atoms with E-state index in [1.165, 1.54) is 6.07 Å². The summed E-state index contributed by atoms with van der Waals surface area (Å²) in [5, 5.41) is 14.1. The Morgan fingerprint density at radius 2 is 2.11 bits per heavy atom. The van der Waals surface area contributed by atoms with Crippen molar-refractivity contribution in [3.8, 4) is 5.75 Å². The Hall–Kier alpha value is -0.960. The number of benzene rings is 1. The molecule has 0 radical (unpaired) electrons. The summed E-state index contributed by atoms with van der Waals surface area (Å²) in [4.78, 5) is 10.4. The smallest absolute Gasteiger partial charge is 0.312 e. The summed E-state index contributed by atoms with van der Waals surface area (Å²) in [5.74, 6) is -0.477. The van der Waals surface area contributed by atoms with E-state index < -0.39 is 10.7 Å². The number of hydrogen-bond donors (Lipinski definition) is 1. The topological polar surface area (TPSA) is 64.4 Å². The maximum Gasteiger partial charge on any atom is 0.312 e. The fraction of sp³-hybridized carbons (Fsp3) is 0.455. The molecule has 1 aromatic rings. The Morgan fingerprint density at radius 3 is 2.72 bits per heavy atom. The van der Waals surface area contributed by atoms with E-state index in [0.717, 1.165) is 32.0 Å². The number of ether oxygens (including phenoxy) is 1. The average Bonchev–Trinajstić information content (AvgIpc) is 2.34. The molecule has 0 aliphatic carbocycles. The van der Waals surface area contributed by atoms with E-state index in [4.69, 9.17) is 4.74 Å². The maximum atomic E-state index is 13.5. The predicted octanol–water partition coefficient (Wildman–Crippen LogP) is 2.47. The fourth-order valence-corrected chi connectivity index (χ4v) is 2.30. The molecular weight excluding hydrogens is 354 g/mol. The summed E-state index contributed by atoms with van der Waals surface area (Å²) in [5.41, 5.74) is -0.181. The lowest BCUT2D eigenvalue weighted by Gasteiger charge is -2.23. The highest BCUT2D eigenvalue weighted by Gasteiger charge is 2.23. The van der Waals surface area contributed by atoms with Gasteiger partial charge in [-0.3, -0.25) is 10.1 Å². The molecule has 1 aliphatic rings. The minimum absolute atomic E-state index is 0.0183. The molecule has 0 saturated carbocycles. The molecule has 7 heteroatoms. The number of nitrogens with one attached hydrogen (secondary N) is 1. The van der Waals surface area contributed by atoms with Crippen molar-refractivity contribution in [1.29, 1.82) is 0 Å². The van der Waals surface area contributed by atoms with Crippen LogP contribution in [0.5, 0.6) is 5.75 Å². The monoisotopic (exact) mass is 366 g/mol. The third-order valence-corrected chi connectivity index (χ3v) is 3.61. The molecule has 1 aromatic carbocycles. The summed E-state index contributed by atoms with van der Waals surface area (Å²) in [6, 6.07) is 2.30. The summed E-state index contributed by atoms with van der Waals surface area (Å²) < 4.78 is 19.2. The standard InChI is InChI=1S/C11H12FIN2O3/c12-8-5-11(10(15(16)17)6-9(8)13)18-7-1-3-14-4-2-7/h5-7,14H,1-4H2. The highest BCUT2D eigenvalue weighted by molar-refractivity contribution is 14.1. The Bertz CT molecular complexity index is 464. The van der Waals surface area contributed by atoms with Gasteiger partial charge in [-0.1, -0.05) is 0 Å². The molecule has 0 atom stereocenters. The van der Waals surface area contributed by atoms with Crippen LogP contribution >= 0.6 is 22.6 Å². The first kappa shape index (κ1) is 13.5. The van der Waals surface area contributed by atoms with Gasteiger partial charge in [-0.25, -0.2) is 4.39 Å². The normalized spacial score (nSPS) is 16.6. The minimum atomic E-state index is -0.544. The predicted molar refractivity (Wildman–Crippen MR) is 72.3 cm³/mol. The Kier molecular flexibility index (Phi) is 4.33. The molecule has 1 fully saturated rings. The van der Waals surface area contributed by atoms with Gasteiger partial charge < -0.3 is 10.1 Å². The van der Waals surface area contributed by atoms with Gasteiger partial charge in [0, 0.05) is 12.1 Å². The second-order valence-corrected chi connectivity index (χ2v) is 5.22. The van der Waals surface area contributed by atoms with E-state index >= 15 is 0 Å². The van der Waals surface area contributed by atoms with Gasteiger partial charge in [0.2, 0.25) is 0 Å². The maximum absolute atomic E-state index is 13.5. The third kappa shape index (κ3) is 3.08. The van der Waals surface area contributed by atoms with Crippen LogP contribution in [0.4, 0.5) is 10.1 Å². The van der Waals surface area contributed by atoms with E-state index in [1.807, 2.05) is 0 Å². The molecule has 0 spiro atoms. The van der Waals surface area contributed by atoms with Gasteiger partial charge in [0.1, 0.15) is 11.9 Å². The van der Waals surface area contributed by atoms with Crippen molar-refractivity contribution >= 4 is 28.3 Å². The van der Waals surface area contributed by atoms with Crippen molar-refractivity contribution < 1.29 is 14.1 Å². The highest BCUT2D eigenvalue weighted by Crippen LogP contribution is 2.32. The van der Waals surface area contributed by atoms with Crippen LogP contribution in [0, 0.1) is 19.5 Å². The van der Waals surface area contributed by atoms with Crippen LogP contribution in [-0.4, -0.2) is 24.1 Å². The molecule has 0 aromatic heterocycles. The molecule has 18 heavy (non-hydrogen) atoms. The zero-order chi connectivity index (χ0) is 13.1. The molecule has 1 saturated heterocycles. The van der Waals surface area contributed by atoms with Crippen molar-refractivity contribution in [2.24, 2.45) is 0 Å². The number of nitro benzene ring substituents is 1. The van der Waals surface area contributed by atoms with E-state index in [9.17, 15) is 14.5 Å². The quantitative estimate of drug-likeness (QED) is 0.507. The fourth-order valence-electron chi connectivity index (χ4n) is 1.85. The molecular formula is C11H12FIN2O3. The van der Waals surface area contributed by atoms with Gasteiger partial charge in [0.05, 0.1) is 8.49 Å². The number of piperidine rings is 1. The summed E-state index contributed by atoms with van der Waals surface area (Å²) in [6.07, 6.45) is 1.44. The SMILES string of the molecule is O=[N+]([O-])c1cc(I)c(F)cc1OC1CCNCC1. The lowest BCUT2D eigenvalue weighted by molar-refractivity contribution is -0.386. The van der Waals surface area contributed by atoms with Gasteiger partial charge in [-0.2, -0.15) is 0 Å².